The summed E-state index contributed by atoms with van der Waals surface area (Å²) in [6.45, 7) is 9.14. The Kier molecular flexibility index (Phi) is 6.39. The standard InChI is InChI=1S/C13H25N3O.ClH/c1-11-3-4-12(2)16(11)8-5-13(17)15-9-6-14-7-10-15;/h11-12,14H,3-10H2,1-2H3;1H. The smallest absolute Gasteiger partial charge is 0.223 e. The molecular weight excluding hydrogens is 250 g/mol. The number of nitrogens with zero attached hydrogens (tertiary/aromatic N) is 2. The van der Waals surface area contributed by atoms with Crippen molar-refractivity contribution >= 4 is 18.3 Å². The highest BCUT2D eigenvalue weighted by Gasteiger charge is 2.27. The zero-order chi connectivity index (χ0) is 12.3. The lowest BCUT2D eigenvalue weighted by molar-refractivity contribution is -0.132. The lowest BCUT2D eigenvalue weighted by Crippen LogP contribution is -2.47. The fraction of sp³-hybridized carbons (Fsp3) is 0.923. The molecule has 2 saturated heterocycles. The van der Waals surface area contributed by atoms with Crippen molar-refractivity contribution in [1.29, 1.82) is 0 Å². The molecule has 0 spiro atoms. The summed E-state index contributed by atoms with van der Waals surface area (Å²) in [5.74, 6) is 0.331. The fourth-order valence-corrected chi connectivity index (χ4v) is 2.99. The molecule has 5 heteroatoms. The van der Waals surface area contributed by atoms with E-state index in [1.54, 1.807) is 0 Å². The van der Waals surface area contributed by atoms with Gasteiger partial charge >= 0.3 is 0 Å². The number of nitrogens with one attached hydrogen (secondary N) is 1. The Balaban J connectivity index is 0.00000162. The van der Waals surface area contributed by atoms with Crippen molar-refractivity contribution in [1.82, 2.24) is 15.1 Å². The van der Waals surface area contributed by atoms with E-state index in [0.717, 1.165) is 32.7 Å². The Hall–Kier alpha value is -0.320. The van der Waals surface area contributed by atoms with Crippen molar-refractivity contribution in [3.8, 4) is 0 Å². The highest BCUT2D eigenvalue weighted by atomic mass is 35.5. The second-order valence-electron chi connectivity index (χ2n) is 5.39. The summed E-state index contributed by atoms with van der Waals surface area (Å²) >= 11 is 0. The van der Waals surface area contributed by atoms with E-state index in [1.165, 1.54) is 12.8 Å². The van der Waals surface area contributed by atoms with Gasteiger partial charge in [0, 0.05) is 51.2 Å². The quantitative estimate of drug-likeness (QED) is 0.838. The van der Waals surface area contributed by atoms with E-state index in [-0.39, 0.29) is 12.4 Å². The third-order valence-corrected chi connectivity index (χ3v) is 4.19. The maximum absolute atomic E-state index is 12.0. The summed E-state index contributed by atoms with van der Waals surface area (Å²) in [7, 11) is 0. The maximum Gasteiger partial charge on any atom is 0.223 e. The Bertz CT molecular complexity index is 259. The fourth-order valence-electron chi connectivity index (χ4n) is 2.99. The van der Waals surface area contributed by atoms with Crippen LogP contribution in [0.4, 0.5) is 0 Å². The van der Waals surface area contributed by atoms with Gasteiger partial charge in [-0.05, 0) is 26.7 Å². The average molecular weight is 276 g/mol. The Morgan fingerprint density at radius 2 is 1.72 bits per heavy atom. The SMILES string of the molecule is CC1CCC(C)N1CCC(=O)N1CCNCC1.Cl. The minimum absolute atomic E-state index is 0. The Labute approximate surface area is 116 Å². The van der Waals surface area contributed by atoms with Crippen molar-refractivity contribution < 1.29 is 4.79 Å². The molecule has 0 bridgehead atoms. The summed E-state index contributed by atoms with van der Waals surface area (Å²) in [5, 5.41) is 3.28. The van der Waals surface area contributed by atoms with Crippen LogP contribution < -0.4 is 5.32 Å². The van der Waals surface area contributed by atoms with Gasteiger partial charge in [-0.25, -0.2) is 0 Å². The van der Waals surface area contributed by atoms with Gasteiger partial charge in [0.1, 0.15) is 0 Å². The van der Waals surface area contributed by atoms with Gasteiger partial charge in [0.2, 0.25) is 5.91 Å². The molecule has 106 valence electrons. The predicted molar refractivity (Wildman–Crippen MR) is 76.2 cm³/mol. The second kappa shape index (κ2) is 7.31. The third kappa shape index (κ3) is 3.84. The minimum Gasteiger partial charge on any atom is -0.340 e. The van der Waals surface area contributed by atoms with Crippen molar-refractivity contribution in [3.05, 3.63) is 0 Å². The van der Waals surface area contributed by atoms with Gasteiger partial charge in [0.25, 0.3) is 0 Å². The van der Waals surface area contributed by atoms with Crippen molar-refractivity contribution in [2.24, 2.45) is 0 Å². The average Bonchev–Trinajstić information content (AvgIpc) is 2.67. The number of halogens is 1. The molecule has 2 aliphatic heterocycles. The summed E-state index contributed by atoms with van der Waals surface area (Å²) in [4.78, 5) is 16.5. The molecule has 2 unspecified atom stereocenters. The first-order chi connectivity index (χ1) is 8.18. The molecule has 1 N–H and O–H groups in total. The van der Waals surface area contributed by atoms with Gasteiger partial charge in [-0.2, -0.15) is 0 Å². The summed E-state index contributed by atoms with van der Waals surface area (Å²) < 4.78 is 0. The summed E-state index contributed by atoms with van der Waals surface area (Å²) in [6.07, 6.45) is 3.25. The third-order valence-electron chi connectivity index (χ3n) is 4.19. The zero-order valence-corrected chi connectivity index (χ0v) is 12.3. The minimum atomic E-state index is 0. The maximum atomic E-state index is 12.0. The number of carbonyl (C=O) groups excluding carboxylic acids is 1. The number of likely N-dealkylation sites (tertiary alicyclic amines) is 1. The summed E-state index contributed by atoms with van der Waals surface area (Å²) in [5.41, 5.74) is 0. The molecule has 0 aromatic rings. The molecule has 0 aromatic carbocycles. The highest BCUT2D eigenvalue weighted by molar-refractivity contribution is 5.85. The molecule has 0 aromatic heterocycles. The van der Waals surface area contributed by atoms with E-state index in [2.05, 4.69) is 24.1 Å². The van der Waals surface area contributed by atoms with Crippen LogP contribution in [-0.4, -0.2) is 60.5 Å². The molecule has 2 atom stereocenters. The van der Waals surface area contributed by atoms with E-state index in [9.17, 15) is 4.79 Å². The van der Waals surface area contributed by atoms with E-state index in [0.29, 0.717) is 24.4 Å². The number of hydrogen-bond acceptors (Lipinski definition) is 3. The van der Waals surface area contributed by atoms with Crippen LogP contribution in [0.3, 0.4) is 0 Å². The Morgan fingerprint density at radius 3 is 2.28 bits per heavy atom. The second-order valence-corrected chi connectivity index (χ2v) is 5.39. The van der Waals surface area contributed by atoms with Crippen LogP contribution >= 0.6 is 12.4 Å². The van der Waals surface area contributed by atoms with Crippen molar-refractivity contribution in [3.63, 3.8) is 0 Å². The van der Waals surface area contributed by atoms with Crippen LogP contribution in [0.15, 0.2) is 0 Å². The van der Waals surface area contributed by atoms with E-state index in [1.807, 2.05) is 4.90 Å². The van der Waals surface area contributed by atoms with Crippen molar-refractivity contribution in [2.45, 2.75) is 45.2 Å². The normalized spacial score (nSPS) is 29.1. The van der Waals surface area contributed by atoms with Gasteiger partial charge in [-0.1, -0.05) is 0 Å². The number of hydrogen-bond donors (Lipinski definition) is 1. The largest absolute Gasteiger partial charge is 0.340 e. The first-order valence-corrected chi connectivity index (χ1v) is 6.92. The molecule has 0 saturated carbocycles. The van der Waals surface area contributed by atoms with Crippen LogP contribution in [0.2, 0.25) is 0 Å². The molecular formula is C13H26ClN3O. The zero-order valence-electron chi connectivity index (χ0n) is 11.5. The molecule has 4 nitrogen and oxygen atoms in total. The van der Waals surface area contributed by atoms with Crippen molar-refractivity contribution in [2.75, 3.05) is 32.7 Å². The number of piperazine rings is 1. The van der Waals surface area contributed by atoms with Gasteiger partial charge in [0.15, 0.2) is 0 Å². The lowest BCUT2D eigenvalue weighted by atomic mass is 10.2. The van der Waals surface area contributed by atoms with Crippen LogP contribution in [0.5, 0.6) is 0 Å². The molecule has 0 radical (unpaired) electrons. The molecule has 2 fully saturated rings. The first kappa shape index (κ1) is 15.7. The molecule has 0 aliphatic carbocycles. The molecule has 2 heterocycles. The van der Waals surface area contributed by atoms with E-state index < -0.39 is 0 Å². The molecule has 18 heavy (non-hydrogen) atoms. The monoisotopic (exact) mass is 275 g/mol. The van der Waals surface area contributed by atoms with E-state index >= 15 is 0 Å². The predicted octanol–water partition coefficient (Wildman–Crippen LogP) is 1.10. The van der Waals surface area contributed by atoms with Gasteiger partial charge in [-0.3, -0.25) is 9.69 Å². The van der Waals surface area contributed by atoms with Gasteiger partial charge in [0.05, 0.1) is 0 Å². The number of carbonyl (C=O) groups is 1. The van der Waals surface area contributed by atoms with Gasteiger partial charge < -0.3 is 10.2 Å². The molecule has 2 aliphatic rings. The van der Waals surface area contributed by atoms with Gasteiger partial charge in [-0.15, -0.1) is 12.4 Å². The van der Waals surface area contributed by atoms with Crippen LogP contribution in [-0.2, 0) is 4.79 Å². The van der Waals surface area contributed by atoms with Crippen LogP contribution in [0, 0.1) is 0 Å². The van der Waals surface area contributed by atoms with E-state index in [4.69, 9.17) is 0 Å². The number of rotatable bonds is 3. The van der Waals surface area contributed by atoms with Crippen LogP contribution in [0.1, 0.15) is 33.1 Å². The molecule has 2 rings (SSSR count). The molecule has 1 amide bonds. The first-order valence-electron chi connectivity index (χ1n) is 6.92. The van der Waals surface area contributed by atoms with Crippen LogP contribution in [0.25, 0.3) is 0 Å². The topological polar surface area (TPSA) is 35.6 Å². The Morgan fingerprint density at radius 1 is 1.17 bits per heavy atom. The number of amides is 1. The lowest BCUT2D eigenvalue weighted by Gasteiger charge is -2.30. The summed E-state index contributed by atoms with van der Waals surface area (Å²) in [6, 6.07) is 1.31. The highest BCUT2D eigenvalue weighted by Crippen LogP contribution is 2.23.